The number of aliphatic hydroxyl groups excluding tert-OH is 11. The van der Waals surface area contributed by atoms with Gasteiger partial charge in [0.15, 0.2) is 18.9 Å². The van der Waals surface area contributed by atoms with Crippen LogP contribution in [-0.2, 0) is 33.2 Å². The van der Waals surface area contributed by atoms with Crippen molar-refractivity contribution in [3.8, 4) is 0 Å². The molecule has 0 aromatic carbocycles. The highest BCUT2D eigenvalue weighted by molar-refractivity contribution is 5.76. The molecule has 0 aromatic heterocycles. The van der Waals surface area contributed by atoms with Crippen LogP contribution >= 0.6 is 0 Å². The molecule has 0 aromatic rings. The molecule has 0 saturated carbocycles. The average Bonchev–Trinajstić information content (AvgIpc) is 0.781. The Morgan fingerprint density at radius 3 is 1.10 bits per heavy atom. The smallest absolute Gasteiger partial charge is 0.220 e. The molecule has 3 aliphatic heterocycles. The van der Waals surface area contributed by atoms with Gasteiger partial charge in [0.05, 0.1) is 38.6 Å². The SMILES string of the molecule is CC/C=C\C/C=C\C/C=C\C/C=C\C/C=C\C/C=C\C/C=C\C/C=C\CCCCCCCCCCCCCCCCC(=O)NC(COC1OC(CO)C(OC2OC(CO)C(OC3OC(CO)C(O)C(O)C3O)C(O)C2O)C(O)C1O)C(O)/C=C/CC/C=C/CCCCCCCCCCCCCC. The number of carbonyl (C=O) groups excluding carboxylic acids is 1. The van der Waals surface area contributed by atoms with Crippen LogP contribution in [-0.4, -0.2) is 193 Å². The summed E-state index contributed by atoms with van der Waals surface area (Å²) < 4.78 is 34.4. The lowest BCUT2D eigenvalue weighted by Gasteiger charge is -2.48. The van der Waals surface area contributed by atoms with Crippen LogP contribution < -0.4 is 5.32 Å². The standard InChI is InChI=1S/C83H141NO18/c1-3-5-7-9-11-13-15-17-19-21-23-24-25-26-27-28-29-30-31-32-33-34-35-36-37-38-39-40-41-42-43-45-47-49-51-53-55-57-59-61-71(89)84-66(67(88)60-58-56-54-52-50-48-46-44-22-20-18-16-14-12-10-8-6-4-2)65-97-81-77(95)74(92)79(69(63-86)99-81)102-83-78(96)75(93)80(70(64-87)100-83)101-82-76(94)73(91)72(90)68(62-85)98-82/h5,7,11,13,17,19,23-24,26-27,29-30,32-33,35-36,50,52,58,60,66-70,72-83,85-88,90-96H,3-4,6,8-10,12,14-16,18,20-22,25,28,31,34,37-49,51,53-57,59,61-65H2,1-2H3,(H,84,89)/b7-5-,13-11-,19-17-,24-23-,27-26-,30-29-,33-32-,36-35-,52-50+,60-58+. The molecule has 586 valence electrons. The summed E-state index contributed by atoms with van der Waals surface area (Å²) >= 11 is 0. The molecule has 3 aliphatic rings. The normalized spacial score (nSPS) is 26.9. The molecular weight excluding hydrogens is 1300 g/mol. The van der Waals surface area contributed by atoms with E-state index in [9.17, 15) is 61.0 Å². The first-order valence-corrected chi connectivity index (χ1v) is 39.8. The minimum atomic E-state index is -1.99. The molecule has 19 nitrogen and oxygen atoms in total. The number of carbonyl (C=O) groups is 1. The van der Waals surface area contributed by atoms with Gasteiger partial charge in [0.2, 0.25) is 5.91 Å². The Balaban J connectivity index is 1.34. The molecule has 102 heavy (non-hydrogen) atoms. The molecule has 19 heteroatoms. The van der Waals surface area contributed by atoms with Gasteiger partial charge in [-0.05, 0) is 96.3 Å². The van der Waals surface area contributed by atoms with Crippen molar-refractivity contribution in [3.63, 3.8) is 0 Å². The lowest BCUT2D eigenvalue weighted by molar-refractivity contribution is -0.379. The largest absolute Gasteiger partial charge is 0.394 e. The quantitative estimate of drug-likeness (QED) is 0.0199. The predicted octanol–water partition coefficient (Wildman–Crippen LogP) is 13.1. The van der Waals surface area contributed by atoms with Crippen molar-refractivity contribution in [1.82, 2.24) is 5.32 Å². The molecule has 3 heterocycles. The fourth-order valence-electron chi connectivity index (χ4n) is 12.6. The molecule has 0 bridgehead atoms. The fraction of sp³-hybridized carbons (Fsp3) is 0.747. The highest BCUT2D eigenvalue weighted by Crippen LogP contribution is 2.33. The monoisotopic (exact) mass is 1440 g/mol. The van der Waals surface area contributed by atoms with Crippen molar-refractivity contribution in [2.45, 2.75) is 369 Å². The number of ether oxygens (including phenoxy) is 6. The van der Waals surface area contributed by atoms with Gasteiger partial charge in [-0.2, -0.15) is 0 Å². The number of nitrogens with one attached hydrogen (secondary N) is 1. The van der Waals surface area contributed by atoms with Crippen LogP contribution in [0.25, 0.3) is 0 Å². The number of amides is 1. The predicted molar refractivity (Wildman–Crippen MR) is 406 cm³/mol. The molecule has 3 fully saturated rings. The van der Waals surface area contributed by atoms with E-state index in [0.717, 1.165) is 103 Å². The molecule has 1 amide bonds. The minimum Gasteiger partial charge on any atom is -0.394 e. The van der Waals surface area contributed by atoms with E-state index in [1.54, 1.807) is 6.08 Å². The van der Waals surface area contributed by atoms with Gasteiger partial charge in [-0.1, -0.05) is 283 Å². The van der Waals surface area contributed by atoms with Crippen molar-refractivity contribution in [3.05, 3.63) is 122 Å². The summed E-state index contributed by atoms with van der Waals surface area (Å²) in [6.45, 7) is 1.60. The summed E-state index contributed by atoms with van der Waals surface area (Å²) in [5.74, 6) is -0.289. The first kappa shape index (κ1) is 92.4. The zero-order valence-corrected chi connectivity index (χ0v) is 62.5. The molecule has 12 N–H and O–H groups in total. The zero-order valence-electron chi connectivity index (χ0n) is 62.5. The topological polar surface area (TPSA) is 307 Å². The molecule has 17 atom stereocenters. The van der Waals surface area contributed by atoms with Crippen LogP contribution in [0.5, 0.6) is 0 Å². The third kappa shape index (κ3) is 41.9. The molecule has 3 saturated heterocycles. The van der Waals surface area contributed by atoms with Gasteiger partial charge in [-0.25, -0.2) is 0 Å². The van der Waals surface area contributed by atoms with Gasteiger partial charge in [-0.3, -0.25) is 4.79 Å². The van der Waals surface area contributed by atoms with Crippen molar-refractivity contribution in [2.75, 3.05) is 26.4 Å². The van der Waals surface area contributed by atoms with Crippen molar-refractivity contribution < 1.29 is 89.4 Å². The Labute approximate surface area is 614 Å². The minimum absolute atomic E-state index is 0.229. The summed E-state index contributed by atoms with van der Waals surface area (Å²) in [4.78, 5) is 13.5. The van der Waals surface area contributed by atoms with E-state index < -0.39 is 124 Å². The van der Waals surface area contributed by atoms with Crippen LogP contribution in [0.2, 0.25) is 0 Å². The Kier molecular flexibility index (Phi) is 56.4. The van der Waals surface area contributed by atoms with E-state index in [1.807, 2.05) is 6.08 Å². The van der Waals surface area contributed by atoms with E-state index in [4.69, 9.17) is 28.4 Å². The number of aliphatic hydroxyl groups is 11. The van der Waals surface area contributed by atoms with Crippen LogP contribution in [0.4, 0.5) is 0 Å². The van der Waals surface area contributed by atoms with E-state index >= 15 is 0 Å². The number of unbranched alkanes of at least 4 members (excludes halogenated alkanes) is 27. The van der Waals surface area contributed by atoms with Gasteiger partial charge in [0.25, 0.3) is 0 Å². The van der Waals surface area contributed by atoms with Gasteiger partial charge in [0, 0.05) is 6.42 Å². The van der Waals surface area contributed by atoms with Gasteiger partial charge < -0.3 is 89.9 Å². The van der Waals surface area contributed by atoms with Crippen LogP contribution in [0, 0.1) is 0 Å². The summed E-state index contributed by atoms with van der Waals surface area (Å²) in [6.07, 6.45) is 60.4. The lowest BCUT2D eigenvalue weighted by atomic mass is 9.96. The van der Waals surface area contributed by atoms with Gasteiger partial charge >= 0.3 is 0 Å². The van der Waals surface area contributed by atoms with Crippen molar-refractivity contribution in [2.24, 2.45) is 0 Å². The Hall–Kier alpha value is -3.81. The molecule has 0 aliphatic carbocycles. The summed E-state index contributed by atoms with van der Waals surface area (Å²) in [5.41, 5.74) is 0. The lowest BCUT2D eigenvalue weighted by Crippen LogP contribution is -2.66. The number of allylic oxidation sites excluding steroid dienone is 19. The number of hydrogen-bond acceptors (Lipinski definition) is 18. The van der Waals surface area contributed by atoms with Crippen molar-refractivity contribution >= 4 is 5.91 Å². The van der Waals surface area contributed by atoms with Crippen LogP contribution in [0.3, 0.4) is 0 Å². The summed E-state index contributed by atoms with van der Waals surface area (Å²) in [5, 5.41) is 121. The average molecular weight is 1440 g/mol. The van der Waals surface area contributed by atoms with Crippen molar-refractivity contribution in [1.29, 1.82) is 0 Å². The second-order valence-electron chi connectivity index (χ2n) is 27.8. The number of hydrogen-bond donors (Lipinski definition) is 12. The Bertz CT molecular complexity index is 2320. The first-order valence-electron chi connectivity index (χ1n) is 39.8. The molecule has 17 unspecified atom stereocenters. The summed E-state index contributed by atoms with van der Waals surface area (Å²) in [6, 6.07) is -0.998. The molecular formula is C83H141NO18. The summed E-state index contributed by atoms with van der Waals surface area (Å²) in [7, 11) is 0. The van der Waals surface area contributed by atoms with Gasteiger partial charge in [-0.15, -0.1) is 0 Å². The van der Waals surface area contributed by atoms with E-state index in [-0.39, 0.29) is 18.9 Å². The third-order valence-corrected chi connectivity index (χ3v) is 19.0. The van der Waals surface area contributed by atoms with Crippen LogP contribution in [0.1, 0.15) is 264 Å². The molecule has 0 radical (unpaired) electrons. The van der Waals surface area contributed by atoms with E-state index in [0.29, 0.717) is 12.8 Å². The van der Waals surface area contributed by atoms with Crippen LogP contribution in [0.15, 0.2) is 122 Å². The second kappa shape index (κ2) is 62.3. The molecule has 3 rings (SSSR count). The highest BCUT2D eigenvalue weighted by Gasteiger charge is 2.53. The Morgan fingerprint density at radius 2 is 0.686 bits per heavy atom. The Morgan fingerprint density at radius 1 is 0.363 bits per heavy atom. The second-order valence-corrected chi connectivity index (χ2v) is 27.8. The first-order chi connectivity index (χ1) is 49.8. The molecule has 0 spiro atoms. The fourth-order valence-corrected chi connectivity index (χ4v) is 12.6. The number of rotatable bonds is 61. The van der Waals surface area contributed by atoms with Gasteiger partial charge in [0.1, 0.15) is 73.2 Å². The van der Waals surface area contributed by atoms with E-state index in [1.165, 1.54) is 128 Å². The highest BCUT2D eigenvalue weighted by atomic mass is 16.8. The maximum atomic E-state index is 13.5. The maximum Gasteiger partial charge on any atom is 0.220 e. The third-order valence-electron chi connectivity index (χ3n) is 19.0. The maximum absolute atomic E-state index is 13.5. The zero-order chi connectivity index (χ0) is 73.9. The van der Waals surface area contributed by atoms with E-state index in [2.05, 4.69) is 129 Å².